The monoisotopic (exact) mass is 319 g/mol. The van der Waals surface area contributed by atoms with Crippen LogP contribution in [0.3, 0.4) is 0 Å². The number of imide groups is 1. The second kappa shape index (κ2) is 8.64. The van der Waals surface area contributed by atoms with Gasteiger partial charge in [0.2, 0.25) is 5.91 Å². The van der Waals surface area contributed by atoms with Crippen LogP contribution in [0.2, 0.25) is 0 Å². The second-order valence-electron chi connectivity index (χ2n) is 5.92. The molecule has 0 heterocycles. The molecule has 6 nitrogen and oxygen atoms in total. The van der Waals surface area contributed by atoms with E-state index in [2.05, 4.69) is 46.7 Å². The van der Waals surface area contributed by atoms with Gasteiger partial charge in [0, 0.05) is 26.2 Å². The van der Waals surface area contributed by atoms with E-state index in [1.54, 1.807) is 7.11 Å². The fourth-order valence-electron chi connectivity index (χ4n) is 2.34. The zero-order valence-corrected chi connectivity index (χ0v) is 13.8. The molecule has 1 aliphatic rings. The van der Waals surface area contributed by atoms with Crippen LogP contribution in [0.4, 0.5) is 4.79 Å². The first kappa shape index (κ1) is 17.4. The Balaban J connectivity index is 1.81. The van der Waals surface area contributed by atoms with E-state index < -0.39 is 6.03 Å². The summed E-state index contributed by atoms with van der Waals surface area (Å²) in [5.74, 6) is -0.279. The van der Waals surface area contributed by atoms with Crippen molar-refractivity contribution in [3.8, 4) is 0 Å². The van der Waals surface area contributed by atoms with Gasteiger partial charge in [-0.1, -0.05) is 29.8 Å². The van der Waals surface area contributed by atoms with Crippen molar-refractivity contribution in [3.05, 3.63) is 35.4 Å². The molecule has 0 bridgehead atoms. The summed E-state index contributed by atoms with van der Waals surface area (Å²) in [6.07, 6.45) is 2.22. The minimum Gasteiger partial charge on any atom is -0.383 e. The van der Waals surface area contributed by atoms with Gasteiger partial charge in [0.05, 0.1) is 13.2 Å². The van der Waals surface area contributed by atoms with Crippen molar-refractivity contribution in [1.82, 2.24) is 15.5 Å². The lowest BCUT2D eigenvalue weighted by Crippen LogP contribution is -2.45. The molecule has 126 valence electrons. The van der Waals surface area contributed by atoms with E-state index in [9.17, 15) is 9.59 Å². The van der Waals surface area contributed by atoms with Crippen molar-refractivity contribution in [2.75, 3.05) is 26.8 Å². The number of aryl methyl sites for hydroxylation is 1. The summed E-state index contributed by atoms with van der Waals surface area (Å²) < 4.78 is 4.84. The van der Waals surface area contributed by atoms with Gasteiger partial charge in [-0.05, 0) is 25.3 Å². The van der Waals surface area contributed by atoms with E-state index >= 15 is 0 Å². The third-order valence-corrected chi connectivity index (χ3v) is 3.76. The molecule has 0 saturated heterocycles. The standard InChI is InChI=1S/C17H25N3O3/c1-13-3-5-14(6-4-13)11-20(15-7-8-15)12-16(21)19-17(22)18-9-10-23-2/h3-6,15H,7-12H2,1-2H3,(H2,18,19,21,22). The number of urea groups is 1. The van der Waals surface area contributed by atoms with Crippen molar-refractivity contribution in [2.45, 2.75) is 32.4 Å². The Labute approximate surface area is 137 Å². The van der Waals surface area contributed by atoms with Gasteiger partial charge in [0.1, 0.15) is 0 Å². The lowest BCUT2D eigenvalue weighted by molar-refractivity contribution is -0.121. The van der Waals surface area contributed by atoms with Gasteiger partial charge in [0.25, 0.3) is 0 Å². The molecule has 0 unspecified atom stereocenters. The lowest BCUT2D eigenvalue weighted by atomic mass is 10.1. The molecule has 1 saturated carbocycles. The molecule has 3 amide bonds. The predicted octanol–water partition coefficient (Wildman–Crippen LogP) is 1.43. The number of benzene rings is 1. The van der Waals surface area contributed by atoms with Gasteiger partial charge in [0.15, 0.2) is 0 Å². The number of rotatable bonds is 8. The maximum atomic E-state index is 12.0. The van der Waals surface area contributed by atoms with Crippen molar-refractivity contribution >= 4 is 11.9 Å². The molecule has 2 rings (SSSR count). The maximum Gasteiger partial charge on any atom is 0.321 e. The highest BCUT2D eigenvalue weighted by Crippen LogP contribution is 2.28. The summed E-state index contributed by atoms with van der Waals surface area (Å²) >= 11 is 0. The summed E-state index contributed by atoms with van der Waals surface area (Å²) in [5.41, 5.74) is 2.40. The molecular weight excluding hydrogens is 294 g/mol. The molecule has 2 N–H and O–H groups in total. The number of hydrogen-bond donors (Lipinski definition) is 2. The number of nitrogens with zero attached hydrogens (tertiary/aromatic N) is 1. The SMILES string of the molecule is COCCNC(=O)NC(=O)CN(Cc1ccc(C)cc1)C1CC1. The summed E-state index contributed by atoms with van der Waals surface area (Å²) in [6.45, 7) is 3.81. The van der Waals surface area contributed by atoms with Crippen LogP contribution >= 0.6 is 0 Å². The van der Waals surface area contributed by atoms with Crippen molar-refractivity contribution < 1.29 is 14.3 Å². The smallest absolute Gasteiger partial charge is 0.321 e. The van der Waals surface area contributed by atoms with Crippen molar-refractivity contribution in [1.29, 1.82) is 0 Å². The van der Waals surface area contributed by atoms with Crippen LogP contribution in [-0.2, 0) is 16.1 Å². The van der Waals surface area contributed by atoms with Gasteiger partial charge in [-0.15, -0.1) is 0 Å². The highest BCUT2D eigenvalue weighted by molar-refractivity contribution is 5.95. The number of hydrogen-bond acceptors (Lipinski definition) is 4. The average molecular weight is 319 g/mol. The van der Waals surface area contributed by atoms with Gasteiger partial charge < -0.3 is 10.1 Å². The van der Waals surface area contributed by atoms with Crippen LogP contribution in [-0.4, -0.2) is 49.7 Å². The maximum absolute atomic E-state index is 12.0. The Bertz CT molecular complexity index is 526. The first-order valence-electron chi connectivity index (χ1n) is 7.94. The number of methoxy groups -OCH3 is 1. The molecule has 6 heteroatoms. The van der Waals surface area contributed by atoms with Crippen LogP contribution < -0.4 is 10.6 Å². The Kier molecular flexibility index (Phi) is 6.55. The quantitative estimate of drug-likeness (QED) is 0.711. The summed E-state index contributed by atoms with van der Waals surface area (Å²) in [6, 6.07) is 8.28. The predicted molar refractivity (Wildman–Crippen MR) is 88.0 cm³/mol. The average Bonchev–Trinajstić information content (AvgIpc) is 3.33. The number of nitrogens with one attached hydrogen (secondary N) is 2. The third-order valence-electron chi connectivity index (χ3n) is 3.76. The fourth-order valence-corrected chi connectivity index (χ4v) is 2.34. The molecule has 1 fully saturated rings. The molecule has 1 aromatic carbocycles. The van der Waals surface area contributed by atoms with Crippen LogP contribution in [0.25, 0.3) is 0 Å². The summed E-state index contributed by atoms with van der Waals surface area (Å²) in [7, 11) is 1.56. The lowest BCUT2D eigenvalue weighted by Gasteiger charge is -2.21. The Morgan fingerprint density at radius 3 is 2.57 bits per heavy atom. The molecule has 0 aliphatic heterocycles. The summed E-state index contributed by atoms with van der Waals surface area (Å²) in [4.78, 5) is 25.7. The normalized spacial score (nSPS) is 13.9. The highest BCUT2D eigenvalue weighted by atomic mass is 16.5. The minimum atomic E-state index is -0.474. The Morgan fingerprint density at radius 1 is 1.26 bits per heavy atom. The molecule has 1 aliphatic carbocycles. The molecule has 1 aromatic rings. The van der Waals surface area contributed by atoms with Gasteiger partial charge in [-0.2, -0.15) is 0 Å². The van der Waals surface area contributed by atoms with Crippen LogP contribution in [0.1, 0.15) is 24.0 Å². The summed E-state index contributed by atoms with van der Waals surface area (Å²) in [5, 5.41) is 4.93. The molecule has 0 aromatic heterocycles. The number of ether oxygens (including phenoxy) is 1. The van der Waals surface area contributed by atoms with Crippen LogP contribution in [0, 0.1) is 6.92 Å². The number of carbonyl (C=O) groups is 2. The topological polar surface area (TPSA) is 70.7 Å². The Hall–Kier alpha value is -1.92. The molecule has 0 atom stereocenters. The number of carbonyl (C=O) groups excluding carboxylic acids is 2. The van der Waals surface area contributed by atoms with Crippen LogP contribution in [0.15, 0.2) is 24.3 Å². The number of amides is 3. The Morgan fingerprint density at radius 2 is 1.96 bits per heavy atom. The van der Waals surface area contributed by atoms with Crippen molar-refractivity contribution in [2.24, 2.45) is 0 Å². The van der Waals surface area contributed by atoms with E-state index in [-0.39, 0.29) is 12.5 Å². The van der Waals surface area contributed by atoms with Gasteiger partial charge in [-0.25, -0.2) is 4.79 Å². The highest BCUT2D eigenvalue weighted by Gasteiger charge is 2.30. The zero-order chi connectivity index (χ0) is 16.7. The molecule has 0 spiro atoms. The van der Waals surface area contributed by atoms with Gasteiger partial charge >= 0.3 is 6.03 Å². The molecule has 0 radical (unpaired) electrons. The second-order valence-corrected chi connectivity index (χ2v) is 5.92. The van der Waals surface area contributed by atoms with E-state index in [0.717, 1.165) is 19.4 Å². The third kappa shape index (κ3) is 6.38. The largest absolute Gasteiger partial charge is 0.383 e. The van der Waals surface area contributed by atoms with Crippen molar-refractivity contribution in [3.63, 3.8) is 0 Å². The van der Waals surface area contributed by atoms with E-state index in [1.165, 1.54) is 11.1 Å². The zero-order valence-electron chi connectivity index (χ0n) is 13.8. The first-order chi connectivity index (χ1) is 11.1. The van der Waals surface area contributed by atoms with E-state index in [0.29, 0.717) is 19.2 Å². The minimum absolute atomic E-state index is 0.232. The molecular formula is C17H25N3O3. The van der Waals surface area contributed by atoms with E-state index in [4.69, 9.17) is 4.74 Å². The van der Waals surface area contributed by atoms with Gasteiger partial charge in [-0.3, -0.25) is 15.0 Å². The molecule has 23 heavy (non-hydrogen) atoms. The van der Waals surface area contributed by atoms with Crippen LogP contribution in [0.5, 0.6) is 0 Å². The van der Waals surface area contributed by atoms with E-state index in [1.807, 2.05) is 0 Å². The first-order valence-corrected chi connectivity index (χ1v) is 7.94. The fraction of sp³-hybridized carbons (Fsp3) is 0.529.